The third kappa shape index (κ3) is 4.34. The van der Waals surface area contributed by atoms with Gasteiger partial charge in [-0.2, -0.15) is 0 Å². The zero-order valence-electron chi connectivity index (χ0n) is 13.4. The van der Waals surface area contributed by atoms with Crippen molar-refractivity contribution in [3.63, 3.8) is 0 Å². The monoisotopic (exact) mass is 331 g/mol. The zero-order chi connectivity index (χ0) is 17.0. The smallest absolute Gasteiger partial charge is 0.227 e. The van der Waals surface area contributed by atoms with Crippen molar-refractivity contribution in [3.05, 3.63) is 70.2 Å². The molecule has 122 valence electrons. The lowest BCUT2D eigenvalue weighted by Crippen LogP contribution is -2.35. The van der Waals surface area contributed by atoms with Crippen LogP contribution in [0.1, 0.15) is 30.5 Å². The summed E-state index contributed by atoms with van der Waals surface area (Å²) in [6, 6.07) is 15.4. The molecule has 1 amide bonds. The topological polar surface area (TPSA) is 63.3 Å². The van der Waals surface area contributed by atoms with Crippen LogP contribution in [-0.2, 0) is 23.1 Å². The van der Waals surface area contributed by atoms with E-state index in [9.17, 15) is 9.90 Å². The highest BCUT2D eigenvalue weighted by Crippen LogP contribution is 2.24. The van der Waals surface area contributed by atoms with Crippen LogP contribution in [-0.4, -0.2) is 17.1 Å². The SMILES string of the molecule is CC(C)(C(N)=O)c1ccc(Cl)cc1.OC1Cc2ccccc2C1. The molecule has 0 spiro atoms. The molecule has 0 unspecified atom stereocenters. The van der Waals surface area contributed by atoms with E-state index in [0.717, 1.165) is 18.4 Å². The highest BCUT2D eigenvalue weighted by Gasteiger charge is 2.26. The minimum absolute atomic E-state index is 0.127. The Morgan fingerprint density at radius 1 is 1.09 bits per heavy atom. The van der Waals surface area contributed by atoms with Gasteiger partial charge in [-0.1, -0.05) is 48.0 Å². The van der Waals surface area contributed by atoms with Crippen molar-refractivity contribution >= 4 is 17.5 Å². The lowest BCUT2D eigenvalue weighted by atomic mass is 9.84. The molecular weight excluding hydrogens is 310 g/mol. The van der Waals surface area contributed by atoms with Crippen molar-refractivity contribution in [3.8, 4) is 0 Å². The van der Waals surface area contributed by atoms with E-state index in [-0.39, 0.29) is 12.0 Å². The summed E-state index contributed by atoms with van der Waals surface area (Å²) >= 11 is 5.73. The number of primary amides is 1. The lowest BCUT2D eigenvalue weighted by Gasteiger charge is -2.20. The van der Waals surface area contributed by atoms with E-state index in [2.05, 4.69) is 12.1 Å². The Kier molecular flexibility index (Phi) is 5.45. The molecule has 0 saturated heterocycles. The average molecular weight is 332 g/mol. The summed E-state index contributed by atoms with van der Waals surface area (Å²) in [5.74, 6) is -0.338. The summed E-state index contributed by atoms with van der Waals surface area (Å²) in [6.07, 6.45) is 1.56. The molecule has 0 fully saturated rings. The first-order valence-electron chi connectivity index (χ1n) is 7.61. The third-order valence-electron chi connectivity index (χ3n) is 4.21. The van der Waals surface area contributed by atoms with Crippen LogP contribution in [0.15, 0.2) is 48.5 Å². The summed E-state index contributed by atoms with van der Waals surface area (Å²) in [5, 5.41) is 9.91. The first kappa shape index (κ1) is 17.5. The van der Waals surface area contributed by atoms with Gasteiger partial charge in [0, 0.05) is 5.02 Å². The standard InChI is InChI=1S/C10H12ClNO.C9H10O/c1-10(2,9(12)13)7-3-5-8(11)6-4-7;10-9-5-7-3-1-2-4-8(7)6-9/h3-6H,1-2H3,(H2,12,13);1-4,9-10H,5-6H2. The highest BCUT2D eigenvalue weighted by molar-refractivity contribution is 6.30. The molecule has 2 aromatic rings. The van der Waals surface area contributed by atoms with Crippen LogP contribution in [0.2, 0.25) is 5.02 Å². The van der Waals surface area contributed by atoms with Crippen LogP contribution >= 0.6 is 11.6 Å². The number of hydrogen-bond donors (Lipinski definition) is 2. The zero-order valence-corrected chi connectivity index (χ0v) is 14.2. The fourth-order valence-electron chi connectivity index (χ4n) is 2.54. The molecule has 0 saturated carbocycles. The van der Waals surface area contributed by atoms with Crippen molar-refractivity contribution < 1.29 is 9.90 Å². The molecule has 4 heteroatoms. The van der Waals surface area contributed by atoms with Gasteiger partial charge in [0.2, 0.25) is 5.91 Å². The van der Waals surface area contributed by atoms with Gasteiger partial charge in [-0.3, -0.25) is 4.79 Å². The Balaban J connectivity index is 0.000000172. The van der Waals surface area contributed by atoms with Crippen molar-refractivity contribution in [2.24, 2.45) is 5.73 Å². The quantitative estimate of drug-likeness (QED) is 0.887. The summed E-state index contributed by atoms with van der Waals surface area (Å²) in [5.41, 5.74) is 8.14. The second-order valence-corrected chi connectivity index (χ2v) is 6.76. The number of nitrogens with two attached hydrogens (primary N) is 1. The maximum absolute atomic E-state index is 11.1. The molecule has 3 N–H and O–H groups in total. The number of amides is 1. The maximum atomic E-state index is 11.1. The average Bonchev–Trinajstić information content (AvgIpc) is 2.88. The number of aliphatic hydroxyl groups excluding tert-OH is 1. The molecule has 3 nitrogen and oxygen atoms in total. The number of halogens is 1. The van der Waals surface area contributed by atoms with Gasteiger partial charge in [-0.25, -0.2) is 0 Å². The van der Waals surface area contributed by atoms with E-state index in [4.69, 9.17) is 17.3 Å². The number of fused-ring (bicyclic) bond motifs is 1. The van der Waals surface area contributed by atoms with Crippen molar-refractivity contribution in [1.82, 2.24) is 0 Å². The van der Waals surface area contributed by atoms with Crippen LogP contribution in [0, 0.1) is 0 Å². The first-order valence-corrected chi connectivity index (χ1v) is 7.99. The summed E-state index contributed by atoms with van der Waals surface area (Å²) in [6.45, 7) is 3.58. The van der Waals surface area contributed by atoms with Crippen LogP contribution < -0.4 is 5.73 Å². The van der Waals surface area contributed by atoms with Gasteiger partial charge < -0.3 is 10.8 Å². The van der Waals surface area contributed by atoms with Gasteiger partial charge in [-0.05, 0) is 55.5 Å². The fourth-order valence-corrected chi connectivity index (χ4v) is 2.67. The number of aliphatic hydroxyl groups is 1. The second-order valence-electron chi connectivity index (χ2n) is 6.33. The largest absolute Gasteiger partial charge is 0.392 e. The molecule has 0 radical (unpaired) electrons. The molecule has 23 heavy (non-hydrogen) atoms. The van der Waals surface area contributed by atoms with Crippen LogP contribution in [0.5, 0.6) is 0 Å². The molecule has 0 bridgehead atoms. The molecule has 1 aliphatic rings. The van der Waals surface area contributed by atoms with Gasteiger partial charge in [0.05, 0.1) is 11.5 Å². The van der Waals surface area contributed by atoms with E-state index in [1.807, 2.05) is 24.3 Å². The Labute approximate surface area is 142 Å². The predicted molar refractivity (Wildman–Crippen MR) is 93.5 cm³/mol. The predicted octanol–water partition coefficient (Wildman–Crippen LogP) is 3.25. The molecule has 0 aliphatic heterocycles. The second kappa shape index (κ2) is 7.16. The summed E-state index contributed by atoms with van der Waals surface area (Å²) in [4.78, 5) is 11.1. The van der Waals surface area contributed by atoms with Gasteiger partial charge in [0.1, 0.15) is 0 Å². The fraction of sp³-hybridized carbons (Fsp3) is 0.316. The van der Waals surface area contributed by atoms with E-state index >= 15 is 0 Å². The van der Waals surface area contributed by atoms with Crippen LogP contribution in [0.3, 0.4) is 0 Å². The molecular formula is C19H22ClNO2. The number of hydrogen-bond acceptors (Lipinski definition) is 2. The van der Waals surface area contributed by atoms with Crippen LogP contribution in [0.25, 0.3) is 0 Å². The minimum atomic E-state index is -0.634. The third-order valence-corrected chi connectivity index (χ3v) is 4.46. The van der Waals surface area contributed by atoms with Gasteiger partial charge >= 0.3 is 0 Å². The molecule has 1 aliphatic carbocycles. The Morgan fingerprint density at radius 3 is 2.00 bits per heavy atom. The molecule has 0 aromatic heterocycles. The number of rotatable bonds is 2. The maximum Gasteiger partial charge on any atom is 0.227 e. The number of carbonyl (C=O) groups is 1. The molecule has 0 heterocycles. The summed E-state index contributed by atoms with van der Waals surface area (Å²) in [7, 11) is 0. The van der Waals surface area contributed by atoms with Crippen molar-refractivity contribution in [2.45, 2.75) is 38.2 Å². The highest BCUT2D eigenvalue weighted by atomic mass is 35.5. The molecule has 2 aromatic carbocycles. The number of benzene rings is 2. The first-order chi connectivity index (χ1) is 10.8. The van der Waals surface area contributed by atoms with Crippen molar-refractivity contribution in [2.75, 3.05) is 0 Å². The molecule has 3 rings (SSSR count). The van der Waals surface area contributed by atoms with E-state index in [1.54, 1.807) is 26.0 Å². The minimum Gasteiger partial charge on any atom is -0.392 e. The van der Waals surface area contributed by atoms with E-state index in [1.165, 1.54) is 11.1 Å². The van der Waals surface area contributed by atoms with Gasteiger partial charge in [0.25, 0.3) is 0 Å². The van der Waals surface area contributed by atoms with Crippen LogP contribution in [0.4, 0.5) is 0 Å². The van der Waals surface area contributed by atoms with Gasteiger partial charge in [-0.15, -0.1) is 0 Å². The summed E-state index contributed by atoms with van der Waals surface area (Å²) < 4.78 is 0. The Morgan fingerprint density at radius 2 is 1.57 bits per heavy atom. The Hall–Kier alpha value is -1.84. The number of carbonyl (C=O) groups excluding carboxylic acids is 1. The Bertz CT molecular complexity index is 655. The molecule has 0 atom stereocenters. The van der Waals surface area contributed by atoms with E-state index in [0.29, 0.717) is 5.02 Å². The van der Waals surface area contributed by atoms with Gasteiger partial charge in [0.15, 0.2) is 0 Å². The van der Waals surface area contributed by atoms with E-state index < -0.39 is 5.41 Å². The normalized spacial score (nSPS) is 13.9. The van der Waals surface area contributed by atoms with Crippen molar-refractivity contribution in [1.29, 1.82) is 0 Å². The lowest BCUT2D eigenvalue weighted by molar-refractivity contribution is -0.122.